The quantitative estimate of drug-likeness (QED) is 0.557. The maximum atomic E-state index is 12.8. The fraction of sp³-hybridized carbons (Fsp3) is 0.273. The summed E-state index contributed by atoms with van der Waals surface area (Å²) in [6.45, 7) is 0.927. The minimum Gasteiger partial charge on any atom is -0.484 e. The van der Waals surface area contributed by atoms with E-state index in [-0.39, 0.29) is 25.0 Å². The molecule has 31 heavy (non-hydrogen) atoms. The Bertz CT molecular complexity index is 1050. The van der Waals surface area contributed by atoms with Gasteiger partial charge in [-0.15, -0.1) is 0 Å². The van der Waals surface area contributed by atoms with E-state index >= 15 is 0 Å². The van der Waals surface area contributed by atoms with Crippen LogP contribution in [0.2, 0.25) is 0 Å². The number of amides is 1. The Balaban J connectivity index is 1.49. The van der Waals surface area contributed by atoms with Crippen LogP contribution in [0.4, 0.5) is 0 Å². The molecule has 160 valence electrons. The number of rotatable bonds is 6. The van der Waals surface area contributed by atoms with Gasteiger partial charge in [-0.1, -0.05) is 35.5 Å². The van der Waals surface area contributed by atoms with E-state index in [1.165, 1.54) is 7.11 Å². The molecule has 1 amide bonds. The normalized spacial score (nSPS) is 16.0. The van der Waals surface area contributed by atoms with Crippen molar-refractivity contribution in [2.24, 2.45) is 0 Å². The Morgan fingerprint density at radius 1 is 1.16 bits per heavy atom. The average Bonchev–Trinajstić information content (AvgIpc) is 3.33. The molecule has 0 saturated carbocycles. The van der Waals surface area contributed by atoms with Gasteiger partial charge in [0.25, 0.3) is 11.8 Å². The highest BCUT2D eigenvalue weighted by molar-refractivity contribution is 5.90. The first-order valence-electron chi connectivity index (χ1n) is 9.73. The van der Waals surface area contributed by atoms with E-state index < -0.39 is 12.0 Å². The maximum Gasteiger partial charge on any atom is 0.337 e. The average molecular weight is 423 g/mol. The van der Waals surface area contributed by atoms with Gasteiger partial charge in [0.15, 0.2) is 6.61 Å². The van der Waals surface area contributed by atoms with Crippen LogP contribution in [0.25, 0.3) is 11.4 Å². The van der Waals surface area contributed by atoms with E-state index in [2.05, 4.69) is 10.1 Å². The van der Waals surface area contributed by atoms with Crippen molar-refractivity contribution in [3.8, 4) is 17.1 Å². The molecule has 3 aromatic rings. The van der Waals surface area contributed by atoms with Crippen LogP contribution in [0.5, 0.6) is 5.75 Å². The lowest BCUT2D eigenvalue weighted by molar-refractivity contribution is -0.143. The number of ether oxygens (including phenoxy) is 3. The number of carbonyl (C=O) groups is 2. The number of nitrogens with zero attached hydrogens (tertiary/aromatic N) is 3. The highest BCUT2D eigenvalue weighted by Gasteiger charge is 2.33. The van der Waals surface area contributed by atoms with Crippen molar-refractivity contribution in [1.29, 1.82) is 0 Å². The zero-order valence-electron chi connectivity index (χ0n) is 16.9. The first-order valence-corrected chi connectivity index (χ1v) is 9.73. The summed E-state index contributed by atoms with van der Waals surface area (Å²) in [4.78, 5) is 30.6. The number of methoxy groups -OCH3 is 1. The van der Waals surface area contributed by atoms with Gasteiger partial charge < -0.3 is 23.6 Å². The molecule has 1 aromatic heterocycles. The maximum absolute atomic E-state index is 12.8. The number of morpholine rings is 1. The summed E-state index contributed by atoms with van der Waals surface area (Å²) in [5, 5.41) is 4.01. The Labute approximate surface area is 178 Å². The van der Waals surface area contributed by atoms with Crippen LogP contribution < -0.4 is 4.74 Å². The first kappa shape index (κ1) is 20.5. The van der Waals surface area contributed by atoms with E-state index in [1.807, 2.05) is 18.2 Å². The van der Waals surface area contributed by atoms with Crippen molar-refractivity contribution < 1.29 is 28.3 Å². The molecule has 1 unspecified atom stereocenters. The third-order valence-corrected chi connectivity index (χ3v) is 4.82. The summed E-state index contributed by atoms with van der Waals surface area (Å²) in [7, 11) is 1.32. The molecule has 9 heteroatoms. The topological polar surface area (TPSA) is 104 Å². The van der Waals surface area contributed by atoms with Crippen LogP contribution in [-0.2, 0) is 14.3 Å². The molecule has 0 bridgehead atoms. The molecular weight excluding hydrogens is 402 g/mol. The van der Waals surface area contributed by atoms with E-state index in [9.17, 15) is 9.59 Å². The molecule has 1 saturated heterocycles. The number of benzene rings is 2. The van der Waals surface area contributed by atoms with E-state index in [0.29, 0.717) is 35.9 Å². The molecule has 1 fully saturated rings. The van der Waals surface area contributed by atoms with Gasteiger partial charge in [-0.3, -0.25) is 4.79 Å². The van der Waals surface area contributed by atoms with Crippen LogP contribution in [-0.4, -0.2) is 60.4 Å². The highest BCUT2D eigenvalue weighted by Crippen LogP contribution is 2.26. The van der Waals surface area contributed by atoms with E-state index in [4.69, 9.17) is 18.7 Å². The molecule has 0 N–H and O–H groups in total. The smallest absolute Gasteiger partial charge is 0.337 e. The molecule has 1 aliphatic heterocycles. The summed E-state index contributed by atoms with van der Waals surface area (Å²) < 4.78 is 21.3. The second kappa shape index (κ2) is 9.40. The number of aromatic nitrogens is 2. The third kappa shape index (κ3) is 4.72. The predicted octanol–water partition coefficient (Wildman–Crippen LogP) is 2.50. The summed E-state index contributed by atoms with van der Waals surface area (Å²) in [6, 6.07) is 15.3. The number of esters is 1. The molecule has 2 aromatic carbocycles. The summed E-state index contributed by atoms with van der Waals surface area (Å²) in [6.07, 6.45) is 0. The summed E-state index contributed by atoms with van der Waals surface area (Å²) >= 11 is 0. The number of carbonyl (C=O) groups excluding carboxylic acids is 2. The second-order valence-corrected chi connectivity index (χ2v) is 6.81. The molecule has 1 aliphatic rings. The van der Waals surface area contributed by atoms with Crippen LogP contribution in [0.1, 0.15) is 22.3 Å². The number of hydrogen-bond acceptors (Lipinski definition) is 8. The lowest BCUT2D eigenvalue weighted by Gasteiger charge is -2.33. The van der Waals surface area contributed by atoms with Crippen molar-refractivity contribution in [3.05, 3.63) is 66.1 Å². The van der Waals surface area contributed by atoms with Gasteiger partial charge in [0.1, 0.15) is 11.8 Å². The lowest BCUT2D eigenvalue weighted by Crippen LogP contribution is -2.45. The molecule has 0 aliphatic carbocycles. The Morgan fingerprint density at radius 2 is 2.00 bits per heavy atom. The minimum atomic E-state index is -0.523. The van der Waals surface area contributed by atoms with Crippen LogP contribution in [0.3, 0.4) is 0 Å². The summed E-state index contributed by atoms with van der Waals surface area (Å²) in [5.74, 6) is 0.516. The van der Waals surface area contributed by atoms with Crippen LogP contribution in [0, 0.1) is 0 Å². The third-order valence-electron chi connectivity index (χ3n) is 4.82. The minimum absolute atomic E-state index is 0.108. The lowest BCUT2D eigenvalue weighted by atomic mass is 10.1. The zero-order chi connectivity index (χ0) is 21.6. The van der Waals surface area contributed by atoms with Crippen molar-refractivity contribution in [1.82, 2.24) is 15.0 Å². The fourth-order valence-electron chi connectivity index (χ4n) is 3.24. The Kier molecular flexibility index (Phi) is 6.23. The van der Waals surface area contributed by atoms with Crippen LogP contribution >= 0.6 is 0 Å². The summed E-state index contributed by atoms with van der Waals surface area (Å²) in [5.41, 5.74) is 0.974. The zero-order valence-corrected chi connectivity index (χ0v) is 16.9. The standard InChI is InChI=1S/C22H21N3O6/c1-28-22(27)16-7-5-6-15(12-16)20-23-21(31-24-20)18-13-29-11-10-25(18)19(26)14-30-17-8-3-2-4-9-17/h2-9,12,18H,10-11,13-14H2,1H3. The molecular formula is C22H21N3O6. The SMILES string of the molecule is COC(=O)c1cccc(-c2noc(C3COCCN3C(=O)COc3ccccc3)n2)c1. The molecule has 4 rings (SSSR count). The molecule has 1 atom stereocenters. The van der Waals surface area contributed by atoms with Gasteiger partial charge in [-0.05, 0) is 24.3 Å². The first-order chi connectivity index (χ1) is 15.2. The van der Waals surface area contributed by atoms with Crippen molar-refractivity contribution in [2.45, 2.75) is 6.04 Å². The van der Waals surface area contributed by atoms with Gasteiger partial charge in [-0.2, -0.15) is 4.98 Å². The largest absolute Gasteiger partial charge is 0.484 e. The van der Waals surface area contributed by atoms with Crippen LogP contribution in [0.15, 0.2) is 59.1 Å². The monoisotopic (exact) mass is 423 g/mol. The van der Waals surface area contributed by atoms with Crippen molar-refractivity contribution in [2.75, 3.05) is 33.5 Å². The number of para-hydroxylation sites is 1. The number of hydrogen-bond donors (Lipinski definition) is 0. The van der Waals surface area contributed by atoms with Crippen molar-refractivity contribution >= 4 is 11.9 Å². The molecule has 2 heterocycles. The van der Waals surface area contributed by atoms with Crippen molar-refractivity contribution in [3.63, 3.8) is 0 Å². The second-order valence-electron chi connectivity index (χ2n) is 6.81. The molecule has 0 spiro atoms. The van der Waals surface area contributed by atoms with Gasteiger partial charge in [-0.25, -0.2) is 4.79 Å². The van der Waals surface area contributed by atoms with Gasteiger partial charge in [0, 0.05) is 12.1 Å². The molecule has 9 nitrogen and oxygen atoms in total. The Hall–Kier alpha value is -3.72. The molecule has 0 radical (unpaired) electrons. The predicted molar refractivity (Wildman–Crippen MR) is 108 cm³/mol. The van der Waals surface area contributed by atoms with E-state index in [1.54, 1.807) is 41.3 Å². The van der Waals surface area contributed by atoms with Gasteiger partial charge in [0.2, 0.25) is 5.82 Å². The highest BCUT2D eigenvalue weighted by atomic mass is 16.5. The Morgan fingerprint density at radius 3 is 2.81 bits per heavy atom. The van der Waals surface area contributed by atoms with E-state index in [0.717, 1.165) is 0 Å². The van der Waals surface area contributed by atoms with Gasteiger partial charge in [0.05, 0.1) is 25.9 Å². The fourth-order valence-corrected chi connectivity index (χ4v) is 3.24. The van der Waals surface area contributed by atoms with Gasteiger partial charge >= 0.3 is 5.97 Å².